The lowest BCUT2D eigenvalue weighted by molar-refractivity contribution is 0.0463. The number of anilines is 1. The number of benzene rings is 1. The van der Waals surface area contributed by atoms with Crippen LogP contribution in [-0.4, -0.2) is 26.2 Å². The van der Waals surface area contributed by atoms with Gasteiger partial charge in [-0.15, -0.1) is 10.2 Å². The molecule has 1 aromatic heterocycles. The summed E-state index contributed by atoms with van der Waals surface area (Å²) in [6.07, 6.45) is 0. The van der Waals surface area contributed by atoms with Crippen LogP contribution in [0.5, 0.6) is 0 Å². The molecule has 0 unspecified atom stereocenters. The smallest absolute Gasteiger partial charge is 0.340 e. The van der Waals surface area contributed by atoms with Crippen molar-refractivity contribution in [2.45, 2.75) is 13.5 Å². The Labute approximate surface area is 104 Å². The Kier molecular flexibility index (Phi) is 3.22. The quantitative estimate of drug-likeness (QED) is 0.625. The molecular formula is C11H13N5O2. The molecule has 0 bridgehead atoms. The molecule has 0 aliphatic heterocycles. The van der Waals surface area contributed by atoms with E-state index in [1.165, 1.54) is 4.80 Å². The Bertz CT molecular complexity index is 579. The maximum atomic E-state index is 11.8. The van der Waals surface area contributed by atoms with Crippen molar-refractivity contribution in [3.05, 3.63) is 35.2 Å². The average molecular weight is 247 g/mol. The first-order chi connectivity index (χ1) is 8.56. The van der Waals surface area contributed by atoms with Crippen LogP contribution in [0.1, 0.15) is 21.7 Å². The third-order valence-corrected chi connectivity index (χ3v) is 2.31. The third kappa shape index (κ3) is 2.62. The van der Waals surface area contributed by atoms with E-state index in [0.717, 1.165) is 5.56 Å². The van der Waals surface area contributed by atoms with Gasteiger partial charge in [-0.1, -0.05) is 11.6 Å². The number of aryl methyl sites for hydroxylation is 2. The molecule has 0 saturated heterocycles. The molecule has 0 aliphatic rings. The molecule has 94 valence electrons. The van der Waals surface area contributed by atoms with Gasteiger partial charge in [-0.3, -0.25) is 0 Å². The number of nitrogen functional groups attached to an aromatic ring is 1. The van der Waals surface area contributed by atoms with Crippen LogP contribution >= 0.6 is 0 Å². The van der Waals surface area contributed by atoms with Crippen molar-refractivity contribution in [3.63, 3.8) is 0 Å². The van der Waals surface area contributed by atoms with Gasteiger partial charge in [0, 0.05) is 5.69 Å². The lowest BCUT2D eigenvalue weighted by Crippen LogP contribution is -2.09. The zero-order valence-corrected chi connectivity index (χ0v) is 10.1. The number of hydrogen-bond acceptors (Lipinski definition) is 6. The van der Waals surface area contributed by atoms with Crippen LogP contribution in [0.3, 0.4) is 0 Å². The van der Waals surface area contributed by atoms with Gasteiger partial charge in [-0.05, 0) is 24.3 Å². The van der Waals surface area contributed by atoms with Crippen molar-refractivity contribution in [2.24, 2.45) is 7.05 Å². The predicted octanol–water partition coefficient (Wildman–Crippen LogP) is 0.458. The van der Waals surface area contributed by atoms with Crippen LogP contribution < -0.4 is 5.73 Å². The summed E-state index contributed by atoms with van der Waals surface area (Å²) in [5.74, 6) is -0.152. The van der Waals surface area contributed by atoms with E-state index < -0.39 is 5.97 Å². The Hall–Kier alpha value is -2.44. The van der Waals surface area contributed by atoms with E-state index in [4.69, 9.17) is 10.5 Å². The van der Waals surface area contributed by atoms with Crippen LogP contribution in [-0.2, 0) is 18.4 Å². The molecule has 0 spiro atoms. The maximum Gasteiger partial charge on any atom is 0.340 e. The van der Waals surface area contributed by atoms with Crippen LogP contribution in [0.15, 0.2) is 18.2 Å². The fourth-order valence-corrected chi connectivity index (χ4v) is 1.44. The molecular weight excluding hydrogens is 234 g/mol. The monoisotopic (exact) mass is 247 g/mol. The van der Waals surface area contributed by atoms with Gasteiger partial charge in [0.15, 0.2) is 6.61 Å². The van der Waals surface area contributed by atoms with Gasteiger partial charge in [-0.2, -0.15) is 4.80 Å². The van der Waals surface area contributed by atoms with Crippen molar-refractivity contribution in [3.8, 4) is 0 Å². The summed E-state index contributed by atoms with van der Waals surface area (Å²) < 4.78 is 5.07. The highest BCUT2D eigenvalue weighted by molar-refractivity contribution is 5.95. The van der Waals surface area contributed by atoms with Gasteiger partial charge in [0.2, 0.25) is 5.82 Å². The van der Waals surface area contributed by atoms with Crippen molar-refractivity contribution in [2.75, 3.05) is 5.73 Å². The van der Waals surface area contributed by atoms with Crippen LogP contribution in [0.4, 0.5) is 5.69 Å². The van der Waals surface area contributed by atoms with E-state index in [9.17, 15) is 4.79 Å². The first-order valence-electron chi connectivity index (χ1n) is 5.32. The highest BCUT2D eigenvalue weighted by atomic mass is 16.5. The summed E-state index contributed by atoms with van der Waals surface area (Å²) in [5, 5.41) is 11.3. The van der Waals surface area contributed by atoms with Gasteiger partial charge in [0.25, 0.3) is 0 Å². The number of carbonyl (C=O) groups excluding carboxylic acids is 1. The number of aromatic nitrogens is 4. The number of tetrazole rings is 1. The normalized spacial score (nSPS) is 10.3. The predicted molar refractivity (Wildman–Crippen MR) is 63.5 cm³/mol. The summed E-state index contributed by atoms with van der Waals surface area (Å²) in [4.78, 5) is 13.1. The van der Waals surface area contributed by atoms with Crippen molar-refractivity contribution in [1.29, 1.82) is 0 Å². The number of nitrogens with zero attached hydrogens (tertiary/aromatic N) is 4. The highest BCUT2D eigenvalue weighted by Gasteiger charge is 2.12. The van der Waals surface area contributed by atoms with Gasteiger partial charge in [-0.25, -0.2) is 4.79 Å². The molecule has 2 rings (SSSR count). The van der Waals surface area contributed by atoms with E-state index in [0.29, 0.717) is 17.1 Å². The zero-order chi connectivity index (χ0) is 13.1. The van der Waals surface area contributed by atoms with Gasteiger partial charge < -0.3 is 10.5 Å². The lowest BCUT2D eigenvalue weighted by Gasteiger charge is -2.06. The third-order valence-electron chi connectivity index (χ3n) is 2.31. The second kappa shape index (κ2) is 4.82. The number of esters is 1. The Morgan fingerprint density at radius 3 is 2.94 bits per heavy atom. The second-order valence-corrected chi connectivity index (χ2v) is 3.86. The molecule has 18 heavy (non-hydrogen) atoms. The van der Waals surface area contributed by atoms with Crippen molar-refractivity contribution < 1.29 is 9.53 Å². The summed E-state index contributed by atoms with van der Waals surface area (Å²) >= 11 is 0. The molecule has 0 radical (unpaired) electrons. The number of rotatable bonds is 3. The Morgan fingerprint density at radius 2 is 2.28 bits per heavy atom. The van der Waals surface area contributed by atoms with Gasteiger partial charge in [0.05, 0.1) is 12.6 Å². The van der Waals surface area contributed by atoms with E-state index in [-0.39, 0.29) is 6.61 Å². The number of carbonyl (C=O) groups is 1. The van der Waals surface area contributed by atoms with E-state index in [1.54, 1.807) is 19.2 Å². The van der Waals surface area contributed by atoms with Crippen LogP contribution in [0.25, 0.3) is 0 Å². The lowest BCUT2D eigenvalue weighted by atomic mass is 10.1. The maximum absolute atomic E-state index is 11.8. The molecule has 2 aromatic rings. The highest BCUT2D eigenvalue weighted by Crippen LogP contribution is 2.15. The molecule has 0 atom stereocenters. The van der Waals surface area contributed by atoms with Crippen molar-refractivity contribution >= 4 is 11.7 Å². The van der Waals surface area contributed by atoms with Gasteiger partial charge >= 0.3 is 5.97 Å². The van der Waals surface area contributed by atoms with E-state index in [1.807, 2.05) is 13.0 Å². The molecule has 1 aromatic carbocycles. The van der Waals surface area contributed by atoms with Crippen LogP contribution in [0.2, 0.25) is 0 Å². The topological polar surface area (TPSA) is 95.9 Å². The second-order valence-electron chi connectivity index (χ2n) is 3.86. The molecule has 0 aliphatic carbocycles. The number of ether oxygens (including phenoxy) is 1. The molecule has 7 heteroatoms. The Balaban J connectivity index is 2.05. The first-order valence-corrected chi connectivity index (χ1v) is 5.32. The molecule has 7 nitrogen and oxygen atoms in total. The van der Waals surface area contributed by atoms with Gasteiger partial charge in [0.1, 0.15) is 0 Å². The first kappa shape index (κ1) is 12.0. The SMILES string of the molecule is Cc1ccc(N)c(C(=O)OCc2nnn(C)n2)c1. The average Bonchev–Trinajstić information content (AvgIpc) is 2.75. The molecule has 2 N–H and O–H groups in total. The number of nitrogens with two attached hydrogens (primary N) is 1. The summed E-state index contributed by atoms with van der Waals surface area (Å²) in [6, 6.07) is 5.19. The summed E-state index contributed by atoms with van der Waals surface area (Å²) in [7, 11) is 1.64. The minimum Gasteiger partial charge on any atom is -0.454 e. The van der Waals surface area contributed by atoms with E-state index >= 15 is 0 Å². The van der Waals surface area contributed by atoms with Crippen LogP contribution in [0, 0.1) is 6.92 Å². The number of hydrogen-bond donors (Lipinski definition) is 1. The minimum absolute atomic E-state index is 0.0277. The summed E-state index contributed by atoms with van der Waals surface area (Å²) in [5.41, 5.74) is 7.39. The molecule has 0 fully saturated rings. The molecule has 0 saturated carbocycles. The standard InChI is InChI=1S/C11H13N5O2/c1-7-3-4-9(12)8(5-7)11(17)18-6-10-13-15-16(2)14-10/h3-5H,6,12H2,1-2H3. The zero-order valence-electron chi connectivity index (χ0n) is 10.1. The Morgan fingerprint density at radius 1 is 1.50 bits per heavy atom. The molecule has 0 amide bonds. The largest absolute Gasteiger partial charge is 0.454 e. The fourth-order valence-electron chi connectivity index (χ4n) is 1.44. The fraction of sp³-hybridized carbons (Fsp3) is 0.273. The molecule has 1 heterocycles. The van der Waals surface area contributed by atoms with E-state index in [2.05, 4.69) is 15.4 Å². The minimum atomic E-state index is -0.497. The van der Waals surface area contributed by atoms with Crippen molar-refractivity contribution in [1.82, 2.24) is 20.2 Å². The summed E-state index contributed by atoms with van der Waals surface area (Å²) in [6.45, 7) is 1.85.